The van der Waals surface area contributed by atoms with Crippen LogP contribution in [0.5, 0.6) is 0 Å². The van der Waals surface area contributed by atoms with E-state index in [2.05, 4.69) is 187 Å². The van der Waals surface area contributed by atoms with Crippen molar-refractivity contribution >= 4 is 54.3 Å². The van der Waals surface area contributed by atoms with Gasteiger partial charge >= 0.3 is 0 Å². The molecule has 0 saturated heterocycles. The Kier molecular flexibility index (Phi) is 6.22. The molecule has 0 N–H and O–H groups in total. The molecule has 0 amide bonds. The summed E-state index contributed by atoms with van der Waals surface area (Å²) >= 11 is 0. The van der Waals surface area contributed by atoms with Gasteiger partial charge in [0.05, 0.1) is 27.9 Å². The van der Waals surface area contributed by atoms with Crippen molar-refractivity contribution in [1.29, 1.82) is 0 Å². The van der Waals surface area contributed by atoms with E-state index < -0.39 is 0 Å². The lowest BCUT2D eigenvalue weighted by molar-refractivity contribution is 1.20. The molecule has 2 aromatic heterocycles. The molecule has 0 spiro atoms. The van der Waals surface area contributed by atoms with Crippen LogP contribution in [0.15, 0.2) is 182 Å². The van der Waals surface area contributed by atoms with Gasteiger partial charge in [-0.3, -0.25) is 0 Å². The first-order chi connectivity index (χ1) is 24.3. The Labute approximate surface area is 284 Å². The molecule has 0 radical (unpaired) electrons. The first-order valence-corrected chi connectivity index (χ1v) is 16.8. The van der Waals surface area contributed by atoms with Gasteiger partial charge in [-0.2, -0.15) is 0 Å². The van der Waals surface area contributed by atoms with Crippen LogP contribution in [-0.2, 0) is 0 Å². The maximum atomic E-state index is 5.18. The van der Waals surface area contributed by atoms with Crippen molar-refractivity contribution in [2.45, 2.75) is 0 Å². The summed E-state index contributed by atoms with van der Waals surface area (Å²) in [5, 5.41) is 8.61. The molecular formula is C47H30N2. The number of aromatic nitrogens is 2. The predicted octanol–water partition coefficient (Wildman–Crippen LogP) is 12.6. The van der Waals surface area contributed by atoms with Gasteiger partial charge in [0, 0.05) is 27.1 Å². The molecule has 10 aromatic rings. The molecular weight excluding hydrogens is 593 g/mol. The van der Waals surface area contributed by atoms with Crippen LogP contribution in [0.1, 0.15) is 0 Å². The predicted molar refractivity (Wildman–Crippen MR) is 207 cm³/mol. The molecule has 2 heteroatoms. The minimum absolute atomic E-state index is 0.977. The van der Waals surface area contributed by atoms with E-state index in [4.69, 9.17) is 4.98 Å². The van der Waals surface area contributed by atoms with Gasteiger partial charge in [0.1, 0.15) is 0 Å². The Morgan fingerprint density at radius 2 is 0.959 bits per heavy atom. The van der Waals surface area contributed by atoms with Crippen LogP contribution >= 0.6 is 0 Å². The number of pyridine rings is 1. The topological polar surface area (TPSA) is 17.8 Å². The third-order valence-corrected chi connectivity index (χ3v) is 9.97. The highest BCUT2D eigenvalue weighted by Gasteiger charge is 2.17. The standard InChI is InChI=1S/C47H30N2/c1-2-14-32(15-3-1)43-30-41(47-36-18-5-4-13-31(36)25-27-42(47)48-43)34-17-12-16-33(29-34)35-26-28-46(38-20-7-6-19-37(35)38)49-44-23-10-8-21-39(44)40-22-9-11-24-45(40)49/h1-30H. The minimum atomic E-state index is 0.977. The van der Waals surface area contributed by atoms with Crippen LogP contribution in [0.4, 0.5) is 0 Å². The van der Waals surface area contributed by atoms with Gasteiger partial charge in [0.2, 0.25) is 0 Å². The van der Waals surface area contributed by atoms with Gasteiger partial charge in [-0.15, -0.1) is 0 Å². The Morgan fingerprint density at radius 1 is 0.367 bits per heavy atom. The van der Waals surface area contributed by atoms with E-state index in [0.29, 0.717) is 0 Å². The summed E-state index contributed by atoms with van der Waals surface area (Å²) in [7, 11) is 0. The van der Waals surface area contributed by atoms with Crippen molar-refractivity contribution in [2.24, 2.45) is 0 Å². The molecule has 0 fully saturated rings. The lowest BCUT2D eigenvalue weighted by Crippen LogP contribution is -1.96. The van der Waals surface area contributed by atoms with E-state index in [0.717, 1.165) is 16.8 Å². The van der Waals surface area contributed by atoms with Crippen molar-refractivity contribution in [3.63, 3.8) is 0 Å². The summed E-state index contributed by atoms with van der Waals surface area (Å²) in [4.78, 5) is 5.18. The van der Waals surface area contributed by atoms with Crippen LogP contribution < -0.4 is 0 Å². The third kappa shape index (κ3) is 4.38. The maximum absolute atomic E-state index is 5.18. The van der Waals surface area contributed by atoms with E-state index >= 15 is 0 Å². The SMILES string of the molecule is c1ccc(-c2cc(-c3cccc(-c4ccc(-n5c6ccccc6c6ccccc65)c5ccccc45)c3)c3c(ccc4ccccc43)n2)cc1. The number of benzene rings is 8. The Bertz CT molecular complexity index is 2830. The smallest absolute Gasteiger partial charge is 0.0722 e. The quantitative estimate of drug-likeness (QED) is 0.179. The fourth-order valence-electron chi connectivity index (χ4n) is 7.76. The van der Waals surface area contributed by atoms with Gasteiger partial charge in [-0.05, 0) is 74.8 Å². The molecule has 0 bridgehead atoms. The number of rotatable bonds is 4. The molecule has 0 unspecified atom stereocenters. The van der Waals surface area contributed by atoms with Crippen molar-refractivity contribution in [3.05, 3.63) is 182 Å². The minimum Gasteiger partial charge on any atom is -0.309 e. The second-order valence-electron chi connectivity index (χ2n) is 12.7. The molecule has 0 aliphatic carbocycles. The highest BCUT2D eigenvalue weighted by Crippen LogP contribution is 2.41. The van der Waals surface area contributed by atoms with Gasteiger partial charge in [0.25, 0.3) is 0 Å². The van der Waals surface area contributed by atoms with E-state index in [1.165, 1.54) is 76.7 Å². The zero-order valence-corrected chi connectivity index (χ0v) is 26.7. The summed E-state index contributed by atoms with van der Waals surface area (Å²) in [5.74, 6) is 0. The molecule has 0 saturated carbocycles. The average Bonchev–Trinajstić information content (AvgIpc) is 3.51. The molecule has 8 aromatic carbocycles. The number of hydrogen-bond acceptors (Lipinski definition) is 1. The molecule has 10 rings (SSSR count). The van der Waals surface area contributed by atoms with Gasteiger partial charge in [-0.25, -0.2) is 4.98 Å². The normalized spacial score (nSPS) is 11.7. The maximum Gasteiger partial charge on any atom is 0.0722 e. The molecule has 0 aliphatic heterocycles. The van der Waals surface area contributed by atoms with Gasteiger partial charge in [-0.1, -0.05) is 146 Å². The zero-order chi connectivity index (χ0) is 32.3. The van der Waals surface area contributed by atoms with E-state index in [1.807, 2.05) is 0 Å². The van der Waals surface area contributed by atoms with Crippen molar-refractivity contribution < 1.29 is 0 Å². The Hall–Kier alpha value is -6.51. The van der Waals surface area contributed by atoms with Crippen LogP contribution in [0, 0.1) is 0 Å². The number of fused-ring (bicyclic) bond motifs is 7. The lowest BCUT2D eigenvalue weighted by Gasteiger charge is -2.16. The largest absolute Gasteiger partial charge is 0.309 e. The van der Waals surface area contributed by atoms with E-state index in [9.17, 15) is 0 Å². The Morgan fingerprint density at radius 3 is 1.71 bits per heavy atom. The number of nitrogens with zero attached hydrogens (tertiary/aromatic N) is 2. The Balaban J connectivity index is 1.20. The molecule has 2 nitrogen and oxygen atoms in total. The fraction of sp³-hybridized carbons (Fsp3) is 0. The van der Waals surface area contributed by atoms with Crippen LogP contribution in [0.25, 0.3) is 93.5 Å². The molecule has 49 heavy (non-hydrogen) atoms. The molecule has 2 heterocycles. The first-order valence-electron chi connectivity index (χ1n) is 16.8. The van der Waals surface area contributed by atoms with Crippen molar-refractivity contribution in [1.82, 2.24) is 9.55 Å². The summed E-state index contributed by atoms with van der Waals surface area (Å²) in [5.41, 5.74) is 11.5. The van der Waals surface area contributed by atoms with Crippen LogP contribution in [-0.4, -0.2) is 9.55 Å². The van der Waals surface area contributed by atoms with Gasteiger partial charge in [0.15, 0.2) is 0 Å². The summed E-state index contributed by atoms with van der Waals surface area (Å²) in [6.45, 7) is 0. The van der Waals surface area contributed by atoms with Crippen molar-refractivity contribution in [2.75, 3.05) is 0 Å². The summed E-state index contributed by atoms with van der Waals surface area (Å²) < 4.78 is 2.42. The van der Waals surface area contributed by atoms with Gasteiger partial charge < -0.3 is 4.57 Å². The third-order valence-electron chi connectivity index (χ3n) is 9.97. The fourth-order valence-corrected chi connectivity index (χ4v) is 7.76. The van der Waals surface area contributed by atoms with E-state index in [1.54, 1.807) is 0 Å². The monoisotopic (exact) mass is 622 g/mol. The second kappa shape index (κ2) is 11.0. The highest BCUT2D eigenvalue weighted by atomic mass is 15.0. The van der Waals surface area contributed by atoms with Crippen LogP contribution in [0.2, 0.25) is 0 Å². The number of para-hydroxylation sites is 2. The molecule has 228 valence electrons. The lowest BCUT2D eigenvalue weighted by atomic mass is 9.91. The second-order valence-corrected chi connectivity index (χ2v) is 12.7. The van der Waals surface area contributed by atoms with Crippen LogP contribution in [0.3, 0.4) is 0 Å². The van der Waals surface area contributed by atoms with E-state index in [-0.39, 0.29) is 0 Å². The van der Waals surface area contributed by atoms with Crippen molar-refractivity contribution in [3.8, 4) is 39.2 Å². The summed E-state index contributed by atoms with van der Waals surface area (Å²) in [6, 6.07) is 65.6. The molecule has 0 aliphatic rings. The summed E-state index contributed by atoms with van der Waals surface area (Å²) in [6.07, 6.45) is 0. The highest BCUT2D eigenvalue weighted by molar-refractivity contribution is 6.15. The average molecular weight is 623 g/mol. The first kappa shape index (κ1) is 27.6. The molecule has 0 atom stereocenters. The number of hydrogen-bond donors (Lipinski definition) is 0. The zero-order valence-electron chi connectivity index (χ0n) is 26.7.